The predicted octanol–water partition coefficient (Wildman–Crippen LogP) is 4.43. The van der Waals surface area contributed by atoms with Crippen LogP contribution in [0.5, 0.6) is 0 Å². The van der Waals surface area contributed by atoms with Crippen LogP contribution >= 0.6 is 0 Å². The standard InChI is InChI=1S/C28H29NO4/c1-27(2,23-11-7-4-8-12-23)18-28(32,16-20-9-5-3-6-10-20)19-29-25(30)21-13-14-24-22(15-21)17-33-26(24)31/h3-15,32H,16-19H2,1-2H3,(H,29,30)/t28-/m1/s1. The summed E-state index contributed by atoms with van der Waals surface area (Å²) >= 11 is 0. The Bertz CT molecular complexity index is 1140. The topological polar surface area (TPSA) is 75.6 Å². The van der Waals surface area contributed by atoms with E-state index in [1.807, 2.05) is 48.5 Å². The molecule has 0 spiro atoms. The highest BCUT2D eigenvalue weighted by Gasteiger charge is 2.36. The molecule has 1 heterocycles. The molecule has 0 unspecified atom stereocenters. The van der Waals surface area contributed by atoms with Crippen LogP contribution in [-0.2, 0) is 23.2 Å². The Balaban J connectivity index is 1.53. The first-order chi connectivity index (χ1) is 15.8. The van der Waals surface area contributed by atoms with Gasteiger partial charge in [-0.3, -0.25) is 4.79 Å². The van der Waals surface area contributed by atoms with Gasteiger partial charge < -0.3 is 15.2 Å². The van der Waals surface area contributed by atoms with Crippen LogP contribution in [0.3, 0.4) is 0 Å². The van der Waals surface area contributed by atoms with Gasteiger partial charge in [-0.1, -0.05) is 74.5 Å². The summed E-state index contributed by atoms with van der Waals surface area (Å²) < 4.78 is 5.02. The average Bonchev–Trinajstić information content (AvgIpc) is 3.18. The quantitative estimate of drug-likeness (QED) is 0.505. The van der Waals surface area contributed by atoms with Gasteiger partial charge in [0.1, 0.15) is 6.61 Å². The van der Waals surface area contributed by atoms with Crippen LogP contribution in [0.4, 0.5) is 0 Å². The number of hydrogen-bond acceptors (Lipinski definition) is 4. The Kier molecular flexibility index (Phi) is 6.34. The van der Waals surface area contributed by atoms with Crippen LogP contribution in [0, 0.1) is 0 Å². The van der Waals surface area contributed by atoms with Gasteiger partial charge in [0.15, 0.2) is 0 Å². The molecule has 5 heteroatoms. The average molecular weight is 444 g/mol. The minimum absolute atomic E-state index is 0.101. The second-order valence-corrected chi connectivity index (χ2v) is 9.44. The Hall–Kier alpha value is -3.44. The molecule has 1 atom stereocenters. The van der Waals surface area contributed by atoms with Crippen LogP contribution in [-0.4, -0.2) is 29.1 Å². The lowest BCUT2D eigenvalue weighted by molar-refractivity contribution is 0.0136. The molecule has 3 aromatic rings. The number of esters is 1. The molecule has 1 amide bonds. The van der Waals surface area contributed by atoms with E-state index in [4.69, 9.17) is 4.74 Å². The van der Waals surface area contributed by atoms with Crippen LogP contribution in [0.2, 0.25) is 0 Å². The van der Waals surface area contributed by atoms with Gasteiger partial charge in [-0.05, 0) is 41.2 Å². The summed E-state index contributed by atoms with van der Waals surface area (Å²) in [5.74, 6) is -0.654. The third-order valence-electron chi connectivity index (χ3n) is 6.23. The zero-order valence-electron chi connectivity index (χ0n) is 19.0. The highest BCUT2D eigenvalue weighted by Crippen LogP contribution is 2.34. The maximum Gasteiger partial charge on any atom is 0.338 e. The van der Waals surface area contributed by atoms with E-state index < -0.39 is 5.60 Å². The fourth-order valence-electron chi connectivity index (χ4n) is 4.60. The van der Waals surface area contributed by atoms with Crippen molar-refractivity contribution in [1.29, 1.82) is 0 Å². The molecule has 2 N–H and O–H groups in total. The summed E-state index contributed by atoms with van der Waals surface area (Å²) in [5.41, 5.74) is 2.32. The number of benzene rings is 3. The Labute approximate surface area is 194 Å². The smallest absolute Gasteiger partial charge is 0.338 e. The lowest BCUT2D eigenvalue weighted by Gasteiger charge is -2.37. The number of amides is 1. The first kappa shape index (κ1) is 22.7. The number of hydrogen-bond donors (Lipinski definition) is 2. The lowest BCUT2D eigenvalue weighted by Crippen LogP contribution is -2.48. The fourth-order valence-corrected chi connectivity index (χ4v) is 4.60. The first-order valence-electron chi connectivity index (χ1n) is 11.2. The Morgan fingerprint density at radius 1 is 1.00 bits per heavy atom. The molecule has 1 aliphatic rings. The van der Waals surface area contributed by atoms with E-state index in [1.165, 1.54) is 0 Å². The molecule has 0 bridgehead atoms. The fraction of sp³-hybridized carbons (Fsp3) is 0.286. The summed E-state index contributed by atoms with van der Waals surface area (Å²) in [6, 6.07) is 24.8. The molecule has 1 aliphatic heterocycles. The van der Waals surface area contributed by atoms with Crippen molar-refractivity contribution in [3.8, 4) is 0 Å². The Morgan fingerprint density at radius 2 is 1.67 bits per heavy atom. The molecule has 33 heavy (non-hydrogen) atoms. The van der Waals surface area contributed by atoms with E-state index in [0.717, 1.165) is 11.1 Å². The largest absolute Gasteiger partial charge is 0.457 e. The molecule has 0 saturated carbocycles. The normalized spacial score (nSPS) is 14.8. The summed E-state index contributed by atoms with van der Waals surface area (Å²) in [4.78, 5) is 24.6. The lowest BCUT2D eigenvalue weighted by atomic mass is 9.73. The van der Waals surface area contributed by atoms with E-state index in [-0.39, 0.29) is 30.4 Å². The molecule has 5 nitrogen and oxygen atoms in total. The summed E-state index contributed by atoms with van der Waals surface area (Å²) in [6.45, 7) is 4.50. The summed E-state index contributed by atoms with van der Waals surface area (Å²) in [7, 11) is 0. The van der Waals surface area contributed by atoms with E-state index in [0.29, 0.717) is 29.5 Å². The van der Waals surface area contributed by atoms with Crippen molar-refractivity contribution in [1.82, 2.24) is 5.32 Å². The SMILES string of the molecule is CC(C)(C[C@@](O)(CNC(=O)c1ccc2c(c1)COC2=O)Cc1ccccc1)c1ccccc1. The minimum Gasteiger partial charge on any atom is -0.457 e. The Morgan fingerprint density at radius 3 is 2.36 bits per heavy atom. The highest BCUT2D eigenvalue weighted by atomic mass is 16.5. The highest BCUT2D eigenvalue weighted by molar-refractivity contribution is 5.98. The molecule has 4 rings (SSSR count). The van der Waals surface area contributed by atoms with Crippen molar-refractivity contribution in [2.75, 3.05) is 6.54 Å². The minimum atomic E-state index is -1.16. The van der Waals surface area contributed by atoms with E-state index in [1.54, 1.807) is 18.2 Å². The van der Waals surface area contributed by atoms with Gasteiger partial charge in [0, 0.05) is 24.1 Å². The van der Waals surface area contributed by atoms with Crippen molar-refractivity contribution in [3.05, 3.63) is 107 Å². The van der Waals surface area contributed by atoms with Crippen LogP contribution in [0.25, 0.3) is 0 Å². The van der Waals surface area contributed by atoms with Gasteiger partial charge in [0.2, 0.25) is 0 Å². The summed E-state index contributed by atoms with van der Waals surface area (Å²) in [6.07, 6.45) is 0.878. The van der Waals surface area contributed by atoms with Crippen molar-refractivity contribution >= 4 is 11.9 Å². The zero-order valence-corrected chi connectivity index (χ0v) is 19.0. The first-order valence-corrected chi connectivity index (χ1v) is 11.2. The maximum atomic E-state index is 12.9. The number of fused-ring (bicyclic) bond motifs is 1. The van der Waals surface area contributed by atoms with Crippen LogP contribution in [0.15, 0.2) is 78.9 Å². The zero-order chi connectivity index (χ0) is 23.5. The number of carbonyl (C=O) groups is 2. The molecule has 3 aromatic carbocycles. The molecule has 0 aromatic heterocycles. The van der Waals surface area contributed by atoms with Crippen LogP contribution < -0.4 is 5.32 Å². The van der Waals surface area contributed by atoms with E-state index in [2.05, 4.69) is 31.3 Å². The number of nitrogens with one attached hydrogen (secondary N) is 1. The maximum absolute atomic E-state index is 12.9. The van der Waals surface area contributed by atoms with Crippen molar-refractivity contribution in [2.24, 2.45) is 0 Å². The van der Waals surface area contributed by atoms with E-state index >= 15 is 0 Å². The molecular weight excluding hydrogens is 414 g/mol. The third kappa shape index (κ3) is 5.32. The monoisotopic (exact) mass is 443 g/mol. The van der Waals surface area contributed by atoms with Crippen molar-refractivity contribution < 1.29 is 19.4 Å². The van der Waals surface area contributed by atoms with Gasteiger partial charge in [-0.15, -0.1) is 0 Å². The number of rotatable bonds is 8. The van der Waals surface area contributed by atoms with Gasteiger partial charge in [-0.2, -0.15) is 0 Å². The second kappa shape index (κ2) is 9.20. The van der Waals surface area contributed by atoms with E-state index in [9.17, 15) is 14.7 Å². The van der Waals surface area contributed by atoms with Gasteiger partial charge in [0.05, 0.1) is 11.2 Å². The number of cyclic esters (lactones) is 1. The number of carbonyl (C=O) groups excluding carboxylic acids is 2. The van der Waals surface area contributed by atoms with Gasteiger partial charge in [0.25, 0.3) is 5.91 Å². The van der Waals surface area contributed by atoms with Crippen LogP contribution in [0.1, 0.15) is 57.7 Å². The molecule has 0 saturated heterocycles. The second-order valence-electron chi connectivity index (χ2n) is 9.44. The van der Waals surface area contributed by atoms with Crippen molar-refractivity contribution in [2.45, 2.75) is 44.3 Å². The molecule has 0 aliphatic carbocycles. The molecule has 0 fully saturated rings. The van der Waals surface area contributed by atoms with Crippen molar-refractivity contribution in [3.63, 3.8) is 0 Å². The third-order valence-corrected chi connectivity index (χ3v) is 6.23. The molecular formula is C28H29NO4. The predicted molar refractivity (Wildman–Crippen MR) is 127 cm³/mol. The molecule has 0 radical (unpaired) electrons. The molecule has 170 valence electrons. The number of aliphatic hydroxyl groups is 1. The number of ether oxygens (including phenoxy) is 1. The van der Waals surface area contributed by atoms with Gasteiger partial charge >= 0.3 is 5.97 Å². The summed E-state index contributed by atoms with van der Waals surface area (Å²) in [5, 5.41) is 14.7. The van der Waals surface area contributed by atoms with Gasteiger partial charge in [-0.25, -0.2) is 4.79 Å².